The summed E-state index contributed by atoms with van der Waals surface area (Å²) >= 11 is 0. The number of aliphatic carboxylic acids is 1. The minimum Gasteiger partial charge on any atom is -0.481 e. The Balaban J connectivity index is 2.22. The smallest absolute Gasteiger partial charge is 0.312 e. The van der Waals surface area contributed by atoms with Crippen LogP contribution >= 0.6 is 0 Å². The quantitative estimate of drug-likeness (QED) is 0.736. The molecule has 2 fully saturated rings. The van der Waals surface area contributed by atoms with Gasteiger partial charge in [-0.25, -0.2) is 0 Å². The summed E-state index contributed by atoms with van der Waals surface area (Å²) in [5, 5.41) is 19.8. The van der Waals surface area contributed by atoms with Crippen LogP contribution in [0.4, 0.5) is 0 Å². The molecule has 0 bridgehead atoms. The first kappa shape index (κ1) is 10.9. The van der Waals surface area contributed by atoms with Gasteiger partial charge in [0.25, 0.3) is 0 Å². The third kappa shape index (κ3) is 1.57. The molecule has 3 heteroatoms. The SMILES string of the molecule is CC1CC(C)CC(O)(C2(C(=O)O)CC2)C1. The second kappa shape index (κ2) is 3.21. The van der Waals surface area contributed by atoms with E-state index in [0.717, 1.165) is 6.42 Å². The summed E-state index contributed by atoms with van der Waals surface area (Å²) in [7, 11) is 0. The molecule has 0 spiro atoms. The second-order valence-corrected chi connectivity index (χ2v) is 5.77. The summed E-state index contributed by atoms with van der Waals surface area (Å²) < 4.78 is 0. The Hall–Kier alpha value is -0.570. The molecule has 0 heterocycles. The van der Waals surface area contributed by atoms with Crippen LogP contribution in [0.3, 0.4) is 0 Å². The maximum atomic E-state index is 11.2. The zero-order chi connectivity index (χ0) is 11.3. The molecule has 3 nitrogen and oxygen atoms in total. The van der Waals surface area contributed by atoms with Crippen LogP contribution in [0.2, 0.25) is 0 Å². The number of carboxylic acids is 1. The van der Waals surface area contributed by atoms with Gasteiger partial charge in [-0.2, -0.15) is 0 Å². The molecular formula is C12H20O3. The lowest BCUT2D eigenvalue weighted by atomic mass is 9.66. The molecule has 0 aromatic heterocycles. The second-order valence-electron chi connectivity index (χ2n) is 5.77. The van der Waals surface area contributed by atoms with Crippen molar-refractivity contribution in [2.45, 2.75) is 51.6 Å². The van der Waals surface area contributed by atoms with Crippen molar-refractivity contribution in [2.24, 2.45) is 17.3 Å². The van der Waals surface area contributed by atoms with E-state index in [2.05, 4.69) is 13.8 Å². The van der Waals surface area contributed by atoms with Crippen molar-refractivity contribution in [1.29, 1.82) is 0 Å². The third-order valence-corrected chi connectivity index (χ3v) is 4.23. The Bertz CT molecular complexity index is 271. The standard InChI is InChI=1S/C12H20O3/c1-8-5-9(2)7-12(15,6-8)11(3-4-11)10(13)14/h8-9,15H,3-7H2,1-2H3,(H,13,14). The largest absolute Gasteiger partial charge is 0.481 e. The number of hydrogen-bond donors (Lipinski definition) is 2. The Labute approximate surface area is 90.5 Å². The summed E-state index contributed by atoms with van der Waals surface area (Å²) in [6.45, 7) is 4.22. The molecule has 2 aliphatic carbocycles. The van der Waals surface area contributed by atoms with Gasteiger partial charge in [0.1, 0.15) is 0 Å². The Kier molecular flexibility index (Phi) is 2.34. The van der Waals surface area contributed by atoms with E-state index in [0.29, 0.717) is 37.5 Å². The van der Waals surface area contributed by atoms with E-state index in [9.17, 15) is 15.0 Å². The van der Waals surface area contributed by atoms with Crippen molar-refractivity contribution in [3.63, 3.8) is 0 Å². The highest BCUT2D eigenvalue weighted by Crippen LogP contribution is 2.60. The van der Waals surface area contributed by atoms with Crippen molar-refractivity contribution >= 4 is 5.97 Å². The predicted octanol–water partition coefficient (Wildman–Crippen LogP) is 2.04. The van der Waals surface area contributed by atoms with E-state index in [4.69, 9.17) is 0 Å². The van der Waals surface area contributed by atoms with Crippen molar-refractivity contribution in [1.82, 2.24) is 0 Å². The van der Waals surface area contributed by atoms with Gasteiger partial charge >= 0.3 is 5.97 Å². The third-order valence-electron chi connectivity index (χ3n) is 4.23. The first-order valence-corrected chi connectivity index (χ1v) is 5.85. The average Bonchev–Trinajstić information content (AvgIpc) is 2.79. The molecule has 0 saturated heterocycles. The maximum absolute atomic E-state index is 11.2. The molecule has 2 aliphatic rings. The lowest BCUT2D eigenvalue weighted by Gasteiger charge is -2.43. The zero-order valence-corrected chi connectivity index (χ0v) is 9.49. The van der Waals surface area contributed by atoms with Crippen molar-refractivity contribution in [3.8, 4) is 0 Å². The molecule has 2 unspecified atom stereocenters. The number of carboxylic acid groups (broad SMARTS) is 1. The van der Waals surface area contributed by atoms with Crippen molar-refractivity contribution in [3.05, 3.63) is 0 Å². The van der Waals surface area contributed by atoms with Gasteiger partial charge in [0.05, 0.1) is 11.0 Å². The van der Waals surface area contributed by atoms with Crippen LogP contribution in [0.25, 0.3) is 0 Å². The Morgan fingerprint density at radius 1 is 1.20 bits per heavy atom. The summed E-state index contributed by atoms with van der Waals surface area (Å²) in [4.78, 5) is 11.2. The fraction of sp³-hybridized carbons (Fsp3) is 0.917. The molecule has 0 amide bonds. The maximum Gasteiger partial charge on any atom is 0.312 e. The summed E-state index contributed by atoms with van der Waals surface area (Å²) in [6.07, 6.45) is 3.72. The monoisotopic (exact) mass is 212 g/mol. The topological polar surface area (TPSA) is 57.5 Å². The predicted molar refractivity (Wildman–Crippen MR) is 56.4 cm³/mol. The van der Waals surface area contributed by atoms with Crippen LogP contribution < -0.4 is 0 Å². The normalized spacial score (nSPS) is 43.7. The van der Waals surface area contributed by atoms with Gasteiger partial charge in [-0.05, 0) is 43.9 Å². The van der Waals surface area contributed by atoms with E-state index < -0.39 is 17.0 Å². The lowest BCUT2D eigenvalue weighted by molar-refractivity contribution is -0.162. The molecule has 0 aliphatic heterocycles. The lowest BCUT2D eigenvalue weighted by Crippen LogP contribution is -2.49. The molecule has 15 heavy (non-hydrogen) atoms. The van der Waals surface area contributed by atoms with Crippen LogP contribution in [0.5, 0.6) is 0 Å². The molecule has 2 atom stereocenters. The fourth-order valence-electron chi connectivity index (χ4n) is 3.48. The minimum absolute atomic E-state index is 0.440. The van der Waals surface area contributed by atoms with Gasteiger partial charge < -0.3 is 10.2 Å². The fourth-order valence-corrected chi connectivity index (χ4v) is 3.48. The molecule has 0 aromatic rings. The van der Waals surface area contributed by atoms with E-state index in [-0.39, 0.29) is 0 Å². The highest BCUT2D eigenvalue weighted by molar-refractivity contribution is 5.79. The summed E-state index contributed by atoms with van der Waals surface area (Å²) in [5.41, 5.74) is -1.76. The summed E-state index contributed by atoms with van der Waals surface area (Å²) in [5.74, 6) is 0.0810. The van der Waals surface area contributed by atoms with Crippen LogP contribution in [-0.2, 0) is 4.79 Å². The van der Waals surface area contributed by atoms with E-state index in [1.54, 1.807) is 0 Å². The molecule has 86 valence electrons. The zero-order valence-electron chi connectivity index (χ0n) is 9.49. The average molecular weight is 212 g/mol. The van der Waals surface area contributed by atoms with Gasteiger partial charge in [-0.1, -0.05) is 13.8 Å². The molecular weight excluding hydrogens is 192 g/mol. The van der Waals surface area contributed by atoms with Gasteiger partial charge in [-0.3, -0.25) is 4.79 Å². The molecule has 2 rings (SSSR count). The number of hydrogen-bond acceptors (Lipinski definition) is 2. The van der Waals surface area contributed by atoms with Gasteiger partial charge in [0.2, 0.25) is 0 Å². The minimum atomic E-state index is -0.948. The summed E-state index contributed by atoms with van der Waals surface area (Å²) in [6, 6.07) is 0. The first-order chi connectivity index (χ1) is 6.90. The van der Waals surface area contributed by atoms with Crippen LogP contribution in [0.15, 0.2) is 0 Å². The first-order valence-electron chi connectivity index (χ1n) is 5.85. The van der Waals surface area contributed by atoms with Crippen molar-refractivity contribution < 1.29 is 15.0 Å². The van der Waals surface area contributed by atoms with Gasteiger partial charge in [0, 0.05) is 0 Å². The Morgan fingerprint density at radius 2 is 1.67 bits per heavy atom. The molecule has 0 radical (unpaired) electrons. The van der Waals surface area contributed by atoms with E-state index in [1.165, 1.54) is 0 Å². The number of carbonyl (C=O) groups is 1. The van der Waals surface area contributed by atoms with E-state index >= 15 is 0 Å². The van der Waals surface area contributed by atoms with Gasteiger partial charge in [0.15, 0.2) is 0 Å². The highest BCUT2D eigenvalue weighted by Gasteiger charge is 2.65. The molecule has 2 N–H and O–H groups in total. The Morgan fingerprint density at radius 3 is 2.00 bits per heavy atom. The van der Waals surface area contributed by atoms with Crippen LogP contribution in [-0.4, -0.2) is 21.8 Å². The van der Waals surface area contributed by atoms with Crippen molar-refractivity contribution in [2.75, 3.05) is 0 Å². The van der Waals surface area contributed by atoms with Crippen LogP contribution in [0, 0.1) is 17.3 Å². The molecule has 2 saturated carbocycles. The number of aliphatic hydroxyl groups is 1. The van der Waals surface area contributed by atoms with Gasteiger partial charge in [-0.15, -0.1) is 0 Å². The van der Waals surface area contributed by atoms with E-state index in [1.807, 2.05) is 0 Å². The molecule has 0 aromatic carbocycles. The van der Waals surface area contributed by atoms with Crippen LogP contribution in [0.1, 0.15) is 46.0 Å². The number of rotatable bonds is 2. The highest BCUT2D eigenvalue weighted by atomic mass is 16.4.